The maximum Gasteiger partial charge on any atom is 0.126 e. The molecule has 1 unspecified atom stereocenters. The lowest BCUT2D eigenvalue weighted by Crippen LogP contribution is -2.18. The van der Waals surface area contributed by atoms with Gasteiger partial charge in [0.2, 0.25) is 0 Å². The molecule has 100 valence electrons. The Kier molecular flexibility index (Phi) is 4.46. The molecule has 2 rings (SSSR count). The van der Waals surface area contributed by atoms with Crippen molar-refractivity contribution < 1.29 is 4.39 Å². The fourth-order valence-corrected chi connectivity index (χ4v) is 2.45. The largest absolute Gasteiger partial charge is 0.309 e. The van der Waals surface area contributed by atoms with Gasteiger partial charge in [-0.2, -0.15) is 0 Å². The van der Waals surface area contributed by atoms with Crippen LogP contribution in [-0.2, 0) is 0 Å². The molecule has 0 saturated heterocycles. The van der Waals surface area contributed by atoms with E-state index < -0.39 is 0 Å². The highest BCUT2D eigenvalue weighted by atomic mass is 35.5. The molecule has 0 heterocycles. The Morgan fingerprint density at radius 1 is 1.16 bits per heavy atom. The SMILES string of the molecule is CNC(c1ccc(C)c(F)c1)c1cccc(Cl)c1Cl. The van der Waals surface area contributed by atoms with Gasteiger partial charge in [-0.3, -0.25) is 0 Å². The van der Waals surface area contributed by atoms with E-state index in [0.29, 0.717) is 15.6 Å². The summed E-state index contributed by atoms with van der Waals surface area (Å²) in [5.74, 6) is -0.226. The Bertz CT molecular complexity index is 599. The number of hydrogen-bond acceptors (Lipinski definition) is 1. The van der Waals surface area contributed by atoms with Crippen molar-refractivity contribution in [3.63, 3.8) is 0 Å². The van der Waals surface area contributed by atoms with Gasteiger partial charge >= 0.3 is 0 Å². The molecule has 4 heteroatoms. The molecule has 0 radical (unpaired) electrons. The second-order valence-electron chi connectivity index (χ2n) is 4.37. The minimum Gasteiger partial charge on any atom is -0.309 e. The van der Waals surface area contributed by atoms with Crippen molar-refractivity contribution in [3.05, 3.63) is 69.0 Å². The number of halogens is 3. The van der Waals surface area contributed by atoms with Gasteiger partial charge in [0, 0.05) is 0 Å². The van der Waals surface area contributed by atoms with Crippen LogP contribution in [0.4, 0.5) is 4.39 Å². The number of nitrogens with one attached hydrogen (secondary N) is 1. The maximum absolute atomic E-state index is 13.7. The molecule has 2 aromatic carbocycles. The Hall–Kier alpha value is -1.09. The van der Waals surface area contributed by atoms with Crippen LogP contribution in [0.2, 0.25) is 10.0 Å². The van der Waals surface area contributed by atoms with E-state index in [-0.39, 0.29) is 11.9 Å². The van der Waals surface area contributed by atoms with E-state index in [0.717, 1.165) is 11.1 Å². The van der Waals surface area contributed by atoms with E-state index in [1.807, 2.05) is 18.2 Å². The maximum atomic E-state index is 13.7. The molecule has 1 nitrogen and oxygen atoms in total. The molecule has 0 aliphatic rings. The van der Waals surface area contributed by atoms with Gasteiger partial charge in [-0.05, 0) is 42.8 Å². The minimum absolute atomic E-state index is 0.193. The first-order valence-electron chi connectivity index (χ1n) is 5.92. The van der Waals surface area contributed by atoms with E-state index in [1.54, 1.807) is 26.1 Å². The van der Waals surface area contributed by atoms with Crippen LogP contribution < -0.4 is 5.32 Å². The quantitative estimate of drug-likeness (QED) is 0.862. The van der Waals surface area contributed by atoms with E-state index in [9.17, 15) is 4.39 Å². The van der Waals surface area contributed by atoms with E-state index in [1.165, 1.54) is 6.07 Å². The zero-order valence-electron chi connectivity index (χ0n) is 10.7. The van der Waals surface area contributed by atoms with Gasteiger partial charge in [-0.25, -0.2) is 4.39 Å². The molecule has 0 fully saturated rings. The van der Waals surface area contributed by atoms with Crippen LogP contribution in [0.25, 0.3) is 0 Å². The third-order valence-corrected chi connectivity index (χ3v) is 3.94. The van der Waals surface area contributed by atoms with E-state index in [4.69, 9.17) is 23.2 Å². The summed E-state index contributed by atoms with van der Waals surface area (Å²) < 4.78 is 13.7. The number of aryl methyl sites for hydroxylation is 1. The predicted octanol–water partition coefficient (Wildman–Crippen LogP) is 4.75. The first-order valence-corrected chi connectivity index (χ1v) is 6.67. The number of rotatable bonds is 3. The Morgan fingerprint density at radius 2 is 1.89 bits per heavy atom. The zero-order chi connectivity index (χ0) is 14.0. The van der Waals surface area contributed by atoms with E-state index >= 15 is 0 Å². The van der Waals surface area contributed by atoms with Gasteiger partial charge in [-0.15, -0.1) is 0 Å². The van der Waals surface area contributed by atoms with Crippen molar-refractivity contribution in [2.45, 2.75) is 13.0 Å². The monoisotopic (exact) mass is 297 g/mol. The number of hydrogen-bond donors (Lipinski definition) is 1. The van der Waals surface area contributed by atoms with Crippen LogP contribution >= 0.6 is 23.2 Å². The third kappa shape index (κ3) is 2.92. The van der Waals surface area contributed by atoms with E-state index in [2.05, 4.69) is 5.32 Å². The van der Waals surface area contributed by atoms with Gasteiger partial charge in [0.25, 0.3) is 0 Å². The second kappa shape index (κ2) is 5.91. The lowest BCUT2D eigenvalue weighted by atomic mass is 9.97. The van der Waals surface area contributed by atoms with Crippen LogP contribution in [0.1, 0.15) is 22.7 Å². The molecule has 0 bridgehead atoms. The molecule has 0 amide bonds. The fraction of sp³-hybridized carbons (Fsp3) is 0.200. The van der Waals surface area contributed by atoms with Gasteiger partial charge in [0.05, 0.1) is 16.1 Å². The molecule has 19 heavy (non-hydrogen) atoms. The summed E-state index contributed by atoms with van der Waals surface area (Å²) in [5, 5.41) is 4.12. The highest BCUT2D eigenvalue weighted by Crippen LogP contribution is 2.33. The summed E-state index contributed by atoms with van der Waals surface area (Å²) in [6.07, 6.45) is 0. The van der Waals surface area contributed by atoms with Crippen molar-refractivity contribution in [1.82, 2.24) is 5.32 Å². The Morgan fingerprint density at radius 3 is 2.53 bits per heavy atom. The average Bonchev–Trinajstić information content (AvgIpc) is 2.39. The smallest absolute Gasteiger partial charge is 0.126 e. The van der Waals surface area contributed by atoms with Gasteiger partial charge in [0.15, 0.2) is 0 Å². The molecule has 0 spiro atoms. The molecule has 0 saturated carbocycles. The minimum atomic E-state index is -0.226. The molecule has 2 aromatic rings. The predicted molar refractivity (Wildman–Crippen MR) is 78.5 cm³/mol. The van der Waals surface area contributed by atoms with Crippen LogP contribution in [0, 0.1) is 12.7 Å². The van der Waals surface area contributed by atoms with Crippen molar-refractivity contribution in [1.29, 1.82) is 0 Å². The van der Waals surface area contributed by atoms with Gasteiger partial charge < -0.3 is 5.32 Å². The molecule has 0 aliphatic heterocycles. The molecule has 1 N–H and O–H groups in total. The molecule has 0 aliphatic carbocycles. The van der Waals surface area contributed by atoms with Gasteiger partial charge in [-0.1, -0.05) is 47.5 Å². The summed E-state index contributed by atoms with van der Waals surface area (Å²) in [5.41, 5.74) is 2.27. The van der Waals surface area contributed by atoms with Crippen LogP contribution in [-0.4, -0.2) is 7.05 Å². The molecular formula is C15H14Cl2FN. The third-order valence-electron chi connectivity index (χ3n) is 3.11. The summed E-state index contributed by atoms with van der Waals surface area (Å²) >= 11 is 12.2. The summed E-state index contributed by atoms with van der Waals surface area (Å²) in [6.45, 7) is 1.74. The van der Waals surface area contributed by atoms with Crippen molar-refractivity contribution in [3.8, 4) is 0 Å². The zero-order valence-corrected chi connectivity index (χ0v) is 12.2. The van der Waals surface area contributed by atoms with Crippen LogP contribution in [0.3, 0.4) is 0 Å². The Labute approximate surface area is 122 Å². The topological polar surface area (TPSA) is 12.0 Å². The highest BCUT2D eigenvalue weighted by Gasteiger charge is 2.17. The van der Waals surface area contributed by atoms with Gasteiger partial charge in [0.1, 0.15) is 5.82 Å². The molecule has 1 atom stereocenters. The van der Waals surface area contributed by atoms with Crippen LogP contribution in [0.5, 0.6) is 0 Å². The van der Waals surface area contributed by atoms with Crippen molar-refractivity contribution in [2.24, 2.45) is 0 Å². The van der Waals surface area contributed by atoms with Crippen LogP contribution in [0.15, 0.2) is 36.4 Å². The lowest BCUT2D eigenvalue weighted by molar-refractivity contribution is 0.608. The van der Waals surface area contributed by atoms with Crippen molar-refractivity contribution >= 4 is 23.2 Å². The first kappa shape index (κ1) is 14.3. The average molecular weight is 298 g/mol. The lowest BCUT2D eigenvalue weighted by Gasteiger charge is -2.19. The number of benzene rings is 2. The standard InChI is InChI=1S/C15H14Cl2FN/c1-9-6-7-10(8-13(9)18)15(19-2)11-4-3-5-12(16)14(11)17/h3-8,15,19H,1-2H3. The molecule has 0 aromatic heterocycles. The second-order valence-corrected chi connectivity index (χ2v) is 5.16. The highest BCUT2D eigenvalue weighted by molar-refractivity contribution is 6.42. The fourth-order valence-electron chi connectivity index (χ4n) is 2.03. The summed E-state index contributed by atoms with van der Waals surface area (Å²) in [4.78, 5) is 0. The normalized spacial score (nSPS) is 12.5. The molecular weight excluding hydrogens is 284 g/mol. The summed E-state index contributed by atoms with van der Waals surface area (Å²) in [7, 11) is 1.81. The Balaban J connectivity index is 2.50. The van der Waals surface area contributed by atoms with Crippen molar-refractivity contribution in [2.75, 3.05) is 7.05 Å². The first-order chi connectivity index (χ1) is 9.04. The summed E-state index contributed by atoms with van der Waals surface area (Å²) in [6, 6.07) is 10.4.